The summed E-state index contributed by atoms with van der Waals surface area (Å²) in [6, 6.07) is 3.00. The topological polar surface area (TPSA) is 80.6 Å². The number of carbonyl (C=O) groups is 2. The number of benzene rings is 1. The highest BCUT2D eigenvalue weighted by Crippen LogP contribution is 2.42. The standard InChI is InChI=1S/C19H25NO4S/c1-11(2)20-9-15(13(4)21)18(22)14-7-8-16-17(12(14)3)19(5,6)10-25(16,23)24/h7-9,11,15H,10H2,1-6H3. The van der Waals surface area contributed by atoms with E-state index in [1.54, 1.807) is 6.92 Å². The lowest BCUT2D eigenvalue weighted by atomic mass is 9.81. The van der Waals surface area contributed by atoms with Gasteiger partial charge in [-0.25, -0.2) is 8.42 Å². The Bertz CT molecular complexity index is 864. The van der Waals surface area contributed by atoms with Crippen molar-refractivity contribution < 1.29 is 18.0 Å². The molecule has 0 amide bonds. The van der Waals surface area contributed by atoms with Crippen LogP contribution >= 0.6 is 0 Å². The van der Waals surface area contributed by atoms with Gasteiger partial charge in [0.05, 0.1) is 10.6 Å². The molecular formula is C19H25NO4S. The predicted octanol–water partition coefficient (Wildman–Crippen LogP) is 2.93. The van der Waals surface area contributed by atoms with Crippen LogP contribution < -0.4 is 0 Å². The normalized spacial score (nSPS) is 19.2. The summed E-state index contributed by atoms with van der Waals surface area (Å²) in [5.74, 6) is -1.53. The average Bonchev–Trinajstić information content (AvgIpc) is 2.63. The van der Waals surface area contributed by atoms with Gasteiger partial charge in [-0.3, -0.25) is 14.6 Å². The highest BCUT2D eigenvalue weighted by molar-refractivity contribution is 7.91. The number of fused-ring (bicyclic) bond motifs is 1. The number of sulfone groups is 1. The third kappa shape index (κ3) is 3.59. The molecule has 0 radical (unpaired) electrons. The number of carbonyl (C=O) groups excluding carboxylic acids is 2. The zero-order valence-corrected chi connectivity index (χ0v) is 16.4. The Kier molecular flexibility index (Phi) is 5.06. The maximum absolute atomic E-state index is 12.9. The van der Waals surface area contributed by atoms with Crippen molar-refractivity contribution in [3.63, 3.8) is 0 Å². The average molecular weight is 363 g/mol. The zero-order valence-electron chi connectivity index (χ0n) is 15.6. The largest absolute Gasteiger partial charge is 0.299 e. The minimum absolute atomic E-state index is 0.0140. The van der Waals surface area contributed by atoms with Crippen LogP contribution in [-0.2, 0) is 20.0 Å². The van der Waals surface area contributed by atoms with E-state index < -0.39 is 21.2 Å². The summed E-state index contributed by atoms with van der Waals surface area (Å²) in [5.41, 5.74) is 1.14. The van der Waals surface area contributed by atoms with Crippen LogP contribution in [0, 0.1) is 12.8 Å². The van der Waals surface area contributed by atoms with E-state index in [0.29, 0.717) is 21.6 Å². The summed E-state index contributed by atoms with van der Waals surface area (Å²) in [4.78, 5) is 29.3. The molecule has 1 unspecified atom stereocenters. The monoisotopic (exact) mass is 363 g/mol. The van der Waals surface area contributed by atoms with Gasteiger partial charge in [-0.2, -0.15) is 0 Å². The van der Waals surface area contributed by atoms with Crippen LogP contribution in [-0.4, -0.2) is 38.0 Å². The molecule has 0 spiro atoms. The summed E-state index contributed by atoms with van der Waals surface area (Å²) < 4.78 is 24.7. The maximum atomic E-state index is 12.9. The zero-order chi connectivity index (χ0) is 19.2. The number of rotatable bonds is 5. The lowest BCUT2D eigenvalue weighted by molar-refractivity contribution is -0.117. The van der Waals surface area contributed by atoms with E-state index in [1.165, 1.54) is 25.3 Å². The Morgan fingerprint density at radius 2 is 1.84 bits per heavy atom. The van der Waals surface area contributed by atoms with Gasteiger partial charge < -0.3 is 0 Å². The molecule has 5 nitrogen and oxygen atoms in total. The van der Waals surface area contributed by atoms with Crippen molar-refractivity contribution in [3.05, 3.63) is 28.8 Å². The first-order valence-electron chi connectivity index (χ1n) is 8.33. The second kappa shape index (κ2) is 6.48. The van der Waals surface area contributed by atoms with E-state index in [2.05, 4.69) is 4.99 Å². The first kappa shape index (κ1) is 19.5. The first-order chi connectivity index (χ1) is 11.4. The van der Waals surface area contributed by atoms with E-state index in [0.717, 1.165) is 0 Å². The van der Waals surface area contributed by atoms with Gasteiger partial charge in [0.25, 0.3) is 0 Å². The Hall–Kier alpha value is -1.82. The Morgan fingerprint density at radius 3 is 2.36 bits per heavy atom. The van der Waals surface area contributed by atoms with Crippen molar-refractivity contribution >= 4 is 27.6 Å². The molecule has 25 heavy (non-hydrogen) atoms. The Labute approximate surface area is 149 Å². The molecule has 0 fully saturated rings. The van der Waals surface area contributed by atoms with Crippen molar-refractivity contribution in [2.45, 2.75) is 57.9 Å². The SMILES string of the molecule is CC(=O)C(C=NC(C)C)C(=O)c1ccc2c(c1C)C(C)(C)CS2(=O)=O. The van der Waals surface area contributed by atoms with Crippen molar-refractivity contribution in [3.8, 4) is 0 Å². The van der Waals surface area contributed by atoms with Gasteiger partial charge in [0.1, 0.15) is 11.7 Å². The summed E-state index contributed by atoms with van der Waals surface area (Å²) in [7, 11) is -3.34. The number of hydrogen-bond donors (Lipinski definition) is 0. The molecule has 0 aliphatic carbocycles. The fourth-order valence-corrected chi connectivity index (χ4v) is 5.73. The molecule has 1 heterocycles. The Morgan fingerprint density at radius 1 is 1.24 bits per heavy atom. The molecule has 1 aliphatic heterocycles. The fourth-order valence-electron chi connectivity index (χ4n) is 3.46. The molecule has 1 atom stereocenters. The molecule has 1 aliphatic rings. The lowest BCUT2D eigenvalue weighted by Crippen LogP contribution is -2.26. The van der Waals surface area contributed by atoms with Gasteiger partial charge in [-0.05, 0) is 51.0 Å². The fraction of sp³-hybridized carbons (Fsp3) is 0.526. The molecule has 0 saturated heterocycles. The minimum atomic E-state index is -3.34. The van der Waals surface area contributed by atoms with Crippen LogP contribution in [0.4, 0.5) is 0 Å². The van der Waals surface area contributed by atoms with E-state index >= 15 is 0 Å². The molecule has 2 rings (SSSR count). The van der Waals surface area contributed by atoms with E-state index in [9.17, 15) is 18.0 Å². The number of hydrogen-bond acceptors (Lipinski definition) is 5. The number of Topliss-reactive ketones (excluding diaryl/α,β-unsaturated/α-hetero) is 2. The Balaban J connectivity index is 2.58. The molecule has 136 valence electrons. The van der Waals surface area contributed by atoms with Gasteiger partial charge in [-0.15, -0.1) is 0 Å². The van der Waals surface area contributed by atoms with Gasteiger partial charge in [-0.1, -0.05) is 13.8 Å². The second-order valence-electron chi connectivity index (χ2n) is 7.60. The number of nitrogens with zero attached hydrogens (tertiary/aromatic N) is 1. The first-order valence-corrected chi connectivity index (χ1v) is 9.98. The minimum Gasteiger partial charge on any atom is -0.299 e. The van der Waals surface area contributed by atoms with E-state index in [4.69, 9.17) is 0 Å². The van der Waals surface area contributed by atoms with Crippen LogP contribution in [0.5, 0.6) is 0 Å². The molecule has 1 aromatic rings. The van der Waals surface area contributed by atoms with E-state index in [1.807, 2.05) is 27.7 Å². The van der Waals surface area contributed by atoms with Crippen molar-refractivity contribution in [2.24, 2.45) is 10.9 Å². The van der Waals surface area contributed by atoms with Crippen molar-refractivity contribution in [1.29, 1.82) is 0 Å². The molecule has 6 heteroatoms. The highest BCUT2D eigenvalue weighted by Gasteiger charge is 2.42. The van der Waals surface area contributed by atoms with Crippen LogP contribution in [0.3, 0.4) is 0 Å². The quantitative estimate of drug-likeness (QED) is 0.458. The molecule has 0 aromatic heterocycles. The van der Waals surface area contributed by atoms with Crippen molar-refractivity contribution in [2.75, 3.05) is 5.75 Å². The molecule has 1 aromatic carbocycles. The lowest BCUT2D eigenvalue weighted by Gasteiger charge is -2.21. The predicted molar refractivity (Wildman–Crippen MR) is 98.4 cm³/mol. The second-order valence-corrected chi connectivity index (χ2v) is 9.56. The van der Waals surface area contributed by atoms with Gasteiger partial charge in [0, 0.05) is 23.2 Å². The van der Waals surface area contributed by atoms with Gasteiger partial charge in [0.15, 0.2) is 15.6 Å². The van der Waals surface area contributed by atoms with Gasteiger partial charge in [0.2, 0.25) is 0 Å². The molecular weight excluding hydrogens is 338 g/mol. The summed E-state index contributed by atoms with van der Waals surface area (Å²) in [6.45, 7) is 10.6. The highest BCUT2D eigenvalue weighted by atomic mass is 32.2. The van der Waals surface area contributed by atoms with E-state index in [-0.39, 0.29) is 23.4 Å². The van der Waals surface area contributed by atoms with Crippen molar-refractivity contribution in [1.82, 2.24) is 0 Å². The van der Waals surface area contributed by atoms with Gasteiger partial charge >= 0.3 is 0 Å². The van der Waals surface area contributed by atoms with Crippen LogP contribution in [0.2, 0.25) is 0 Å². The summed E-state index contributed by atoms with van der Waals surface area (Å²) >= 11 is 0. The molecule has 0 bridgehead atoms. The third-order valence-corrected chi connectivity index (χ3v) is 6.62. The number of ketones is 2. The summed E-state index contributed by atoms with van der Waals surface area (Å²) in [6.07, 6.45) is 1.41. The molecule has 0 saturated carbocycles. The maximum Gasteiger partial charge on any atom is 0.179 e. The third-order valence-electron chi connectivity index (χ3n) is 4.51. The smallest absolute Gasteiger partial charge is 0.179 e. The van der Waals surface area contributed by atoms with Crippen LogP contribution in [0.1, 0.15) is 56.1 Å². The number of aliphatic imine (C=N–C) groups is 1. The van der Waals surface area contributed by atoms with Crippen LogP contribution in [0.15, 0.2) is 22.0 Å². The summed E-state index contributed by atoms with van der Waals surface area (Å²) in [5, 5.41) is 0. The van der Waals surface area contributed by atoms with Crippen LogP contribution in [0.25, 0.3) is 0 Å². The molecule has 0 N–H and O–H groups in total.